The third-order valence-corrected chi connectivity index (χ3v) is 21.3. The lowest BCUT2D eigenvalue weighted by Crippen LogP contribution is -2.01. The smallest absolute Gasteiger partial charge is 0.187 e. The van der Waals surface area contributed by atoms with Crippen LogP contribution in [0.5, 0.6) is 0 Å². The Morgan fingerprint density at radius 3 is 0.625 bits per heavy atom. The Labute approximate surface area is 732 Å². The molecule has 0 aliphatic rings. The van der Waals surface area contributed by atoms with E-state index in [1.54, 1.807) is 72.8 Å². The van der Waals surface area contributed by atoms with Crippen molar-refractivity contribution in [3.8, 4) is 181 Å². The number of hydrogen-bond acceptors (Lipinski definition) is 10. The molecule has 0 saturated carbocycles. The predicted molar refractivity (Wildman–Crippen MR) is 494 cm³/mol. The second-order valence-electron chi connectivity index (χ2n) is 29.7. The second-order valence-corrected chi connectivity index (χ2v) is 29.7. The van der Waals surface area contributed by atoms with Crippen molar-refractivity contribution >= 4 is 22.1 Å². The van der Waals surface area contributed by atoms with Crippen LogP contribution >= 0.6 is 0 Å². The number of aromatic nitrogens is 10. The molecular formula is C110H66F6N12. The third kappa shape index (κ3) is 19.1. The first-order chi connectivity index (χ1) is 62.7. The molecule has 18 heteroatoms. The first kappa shape index (κ1) is 81.5. The van der Waals surface area contributed by atoms with Gasteiger partial charge in [0.2, 0.25) is 0 Å². The molecule has 0 amide bonds. The molecule has 608 valence electrons. The number of benzene rings is 16. The fourth-order valence-electron chi connectivity index (χ4n) is 14.5. The first-order valence-electron chi connectivity index (χ1n) is 40.6. The quantitative estimate of drug-likeness (QED) is 0.0679. The Morgan fingerprint density at radius 2 is 0.352 bits per heavy atom. The van der Waals surface area contributed by atoms with Crippen LogP contribution < -0.4 is 0 Å². The van der Waals surface area contributed by atoms with Gasteiger partial charge < -0.3 is 0 Å². The van der Waals surface area contributed by atoms with Gasteiger partial charge in [0.25, 0.3) is 0 Å². The maximum atomic E-state index is 13.6. The number of nitrogens with zero attached hydrogens (tertiary/aromatic N) is 12. The molecule has 20 aromatic rings. The molecule has 0 saturated heterocycles. The van der Waals surface area contributed by atoms with E-state index in [0.717, 1.165) is 89.1 Å². The van der Waals surface area contributed by atoms with E-state index in [4.69, 9.17) is 38.1 Å². The minimum atomic E-state index is -0.355. The summed E-state index contributed by atoms with van der Waals surface area (Å²) in [6, 6.07) is 121. The van der Waals surface area contributed by atoms with Crippen molar-refractivity contribution in [2.75, 3.05) is 0 Å². The average Bonchev–Trinajstić information content (AvgIpc) is 0.788. The van der Waals surface area contributed by atoms with Crippen LogP contribution in [0.3, 0.4) is 0 Å². The highest BCUT2D eigenvalue weighted by Crippen LogP contribution is 2.37. The van der Waals surface area contributed by atoms with E-state index >= 15 is 0 Å². The molecule has 0 radical (unpaired) electrons. The summed E-state index contributed by atoms with van der Waals surface area (Å²) < 4.78 is 81.6. The van der Waals surface area contributed by atoms with Crippen LogP contribution in [0.25, 0.3) is 201 Å². The van der Waals surface area contributed by atoms with Crippen molar-refractivity contribution in [3.05, 3.63) is 458 Å². The lowest BCUT2D eigenvalue weighted by atomic mass is 9.97. The lowest BCUT2D eigenvalue weighted by Gasteiger charge is -2.10. The van der Waals surface area contributed by atoms with Gasteiger partial charge in [-0.05, 0) is 247 Å². The summed E-state index contributed by atoms with van der Waals surface area (Å²) in [4.78, 5) is 53.8. The molecule has 0 bridgehead atoms. The zero-order valence-corrected chi connectivity index (χ0v) is 67.7. The van der Waals surface area contributed by atoms with Crippen LogP contribution in [0.4, 0.5) is 37.7 Å². The van der Waals surface area contributed by atoms with E-state index in [1.165, 1.54) is 83.6 Å². The van der Waals surface area contributed by atoms with Gasteiger partial charge >= 0.3 is 0 Å². The fraction of sp³-hybridized carbons (Fsp3) is 0. The SMILES string of the molecule is Fc1ccc(-c2nc(-c3ccc(F)cc3)nc(-c3cccc(-c4cccc(-c5ccc6ccccc6c5)c4)n3)n2)cc1.[C-]#[N+]c1ccc(-c2ccc(-c3ccc(-c4ccc(-c5nc(-c6ccc(F)cc6)nc(-c6ccc(F)cc6)n5)cc4)cc3)cc2)cc1.[C-]#[N+]c1ccc(-c2ccc(-c3ccc(-c4nc(-c5ccc(F)cc5)nc(-c5ccc(F)cc5)n4)cc3)cc2)cc1. The Bertz CT molecular complexity index is 7280. The number of fused-ring (bicyclic) bond motifs is 1. The molecule has 20 rings (SSSR count). The summed E-state index contributed by atoms with van der Waals surface area (Å²) >= 11 is 0. The van der Waals surface area contributed by atoms with Gasteiger partial charge in [-0.25, -0.2) is 85.9 Å². The van der Waals surface area contributed by atoms with Crippen molar-refractivity contribution in [2.45, 2.75) is 0 Å². The normalized spacial score (nSPS) is 10.9. The van der Waals surface area contributed by atoms with Crippen LogP contribution in [0.2, 0.25) is 0 Å². The maximum Gasteiger partial charge on any atom is 0.187 e. The van der Waals surface area contributed by atoms with Gasteiger partial charge in [0.1, 0.15) is 40.6 Å². The summed E-state index contributed by atoms with van der Waals surface area (Å²) in [5.74, 6) is 1.49. The van der Waals surface area contributed by atoms with E-state index in [-0.39, 0.29) is 34.9 Å². The van der Waals surface area contributed by atoms with E-state index in [0.29, 0.717) is 103 Å². The van der Waals surface area contributed by atoms with E-state index in [9.17, 15) is 26.3 Å². The van der Waals surface area contributed by atoms with Gasteiger partial charge in [-0.2, -0.15) is 0 Å². The van der Waals surface area contributed by atoms with Crippen LogP contribution in [-0.2, 0) is 0 Å². The zero-order chi connectivity index (χ0) is 87.4. The van der Waals surface area contributed by atoms with Gasteiger partial charge in [-0.15, -0.1) is 0 Å². The van der Waals surface area contributed by atoms with Gasteiger partial charge in [-0.3, -0.25) is 0 Å². The Morgan fingerprint density at radius 1 is 0.148 bits per heavy atom. The topological polar surface area (TPSA) is 138 Å². The van der Waals surface area contributed by atoms with Crippen molar-refractivity contribution in [2.24, 2.45) is 0 Å². The Kier molecular flexibility index (Phi) is 23.6. The Hall–Kier alpha value is -17.5. The first-order valence-corrected chi connectivity index (χ1v) is 40.6. The highest BCUT2D eigenvalue weighted by molar-refractivity contribution is 5.88. The summed E-state index contributed by atoms with van der Waals surface area (Å²) in [6.45, 7) is 14.3. The van der Waals surface area contributed by atoms with E-state index < -0.39 is 0 Å². The van der Waals surface area contributed by atoms with Gasteiger partial charge in [0.05, 0.1) is 18.8 Å². The molecule has 0 spiro atoms. The number of halogens is 6. The van der Waals surface area contributed by atoms with Crippen LogP contribution in [0, 0.1) is 48.0 Å². The summed E-state index contributed by atoms with van der Waals surface area (Å²) in [5.41, 5.74) is 21.9. The largest absolute Gasteiger partial charge is 0.244 e. The minimum absolute atomic E-state index is 0.348. The molecule has 0 aliphatic heterocycles. The molecule has 16 aromatic carbocycles. The number of rotatable bonds is 16. The standard InChI is InChI=1S/C40H24F2N4.C36H22F2N4.C34H20F2N4/c1-43-37-24-18-31(19-25-37)29-8-6-27(7-9-29)26-2-4-28(5-3-26)30-10-12-32(13-11-30)38-44-39(33-14-20-35(41)21-15-33)46-40(45-38)34-16-22-36(42)23-17-34;37-30-17-13-24(14-18-30)34-40-35(25-15-19-31(38)20-16-25)42-36(41-34)33-10-4-9-32(39-33)29-8-3-7-27(22-29)28-12-11-23-5-1-2-6-26(23)21-28;1-37-31-20-14-25(15-21-31)23-4-2-22(3-5-23)24-6-8-26(9-7-24)32-38-33(27-10-16-29(35)17-11-27)40-34(39-32)28-12-18-30(36)19-13-28/h2-25H;1-22H;2-21H. The summed E-state index contributed by atoms with van der Waals surface area (Å²) in [6.07, 6.45) is 0. The molecule has 0 unspecified atom stereocenters. The number of pyridine rings is 1. The summed E-state index contributed by atoms with van der Waals surface area (Å²) in [5, 5.41) is 2.38. The van der Waals surface area contributed by atoms with Gasteiger partial charge in [0.15, 0.2) is 63.8 Å². The summed E-state index contributed by atoms with van der Waals surface area (Å²) in [7, 11) is 0. The molecule has 0 atom stereocenters. The van der Waals surface area contributed by atoms with E-state index in [1.807, 2.05) is 140 Å². The van der Waals surface area contributed by atoms with Crippen LogP contribution in [0.15, 0.2) is 400 Å². The van der Waals surface area contributed by atoms with Crippen LogP contribution in [-0.4, -0.2) is 49.8 Å². The lowest BCUT2D eigenvalue weighted by molar-refractivity contribution is 0.627. The molecule has 4 aromatic heterocycles. The maximum absolute atomic E-state index is 13.6. The highest BCUT2D eigenvalue weighted by Gasteiger charge is 2.20. The second kappa shape index (κ2) is 37.1. The van der Waals surface area contributed by atoms with Crippen molar-refractivity contribution in [1.29, 1.82) is 0 Å². The Balaban J connectivity index is 0.000000130. The molecular weight excluding hydrogens is 1600 g/mol. The zero-order valence-electron chi connectivity index (χ0n) is 67.7. The fourth-order valence-corrected chi connectivity index (χ4v) is 14.5. The minimum Gasteiger partial charge on any atom is -0.244 e. The molecule has 0 N–H and O–H groups in total. The van der Waals surface area contributed by atoms with Gasteiger partial charge in [0, 0.05) is 50.1 Å². The average molecular weight is 1670 g/mol. The van der Waals surface area contributed by atoms with E-state index in [2.05, 4.69) is 150 Å². The van der Waals surface area contributed by atoms with Crippen molar-refractivity contribution < 1.29 is 26.3 Å². The third-order valence-electron chi connectivity index (χ3n) is 21.3. The molecule has 12 nitrogen and oxygen atoms in total. The molecule has 0 fully saturated rings. The van der Waals surface area contributed by atoms with Crippen molar-refractivity contribution in [3.63, 3.8) is 0 Å². The van der Waals surface area contributed by atoms with Gasteiger partial charge in [-0.1, -0.05) is 231 Å². The molecule has 0 aliphatic carbocycles. The predicted octanol–water partition coefficient (Wildman–Crippen LogP) is 28.8. The molecule has 4 heterocycles. The van der Waals surface area contributed by atoms with Crippen molar-refractivity contribution in [1.82, 2.24) is 49.8 Å². The monoisotopic (exact) mass is 1670 g/mol. The highest BCUT2D eigenvalue weighted by atomic mass is 19.1. The number of hydrogen-bond donors (Lipinski definition) is 0. The molecule has 128 heavy (non-hydrogen) atoms. The van der Waals surface area contributed by atoms with Crippen LogP contribution in [0.1, 0.15) is 0 Å².